The fourth-order valence-corrected chi connectivity index (χ4v) is 2.40. The second-order valence-electron chi connectivity index (χ2n) is 5.37. The summed E-state index contributed by atoms with van der Waals surface area (Å²) in [6, 6.07) is 0. The molecule has 1 N–H and O–H groups in total. The largest absolute Gasteiger partial charge is 0.309 e. The zero-order valence-electron chi connectivity index (χ0n) is 11.0. The topological polar surface area (TPSA) is 15.3 Å². The average molecular weight is 212 g/mol. The molecule has 1 rings (SSSR count). The third-order valence-corrected chi connectivity index (χ3v) is 3.83. The van der Waals surface area contributed by atoms with Crippen molar-refractivity contribution in [1.29, 1.82) is 0 Å². The molecule has 0 unspecified atom stereocenters. The predicted molar refractivity (Wildman–Crippen MR) is 67.2 cm³/mol. The first-order valence-corrected chi connectivity index (χ1v) is 6.59. The van der Waals surface area contributed by atoms with Crippen molar-refractivity contribution in [2.45, 2.75) is 52.5 Å². The van der Waals surface area contributed by atoms with Crippen molar-refractivity contribution in [3.05, 3.63) is 0 Å². The Bertz CT molecular complexity index is 173. The molecule has 1 aliphatic heterocycles. The number of hydrogen-bond donors (Lipinski definition) is 1. The summed E-state index contributed by atoms with van der Waals surface area (Å²) < 4.78 is 0. The molecule has 90 valence electrons. The Hall–Kier alpha value is -0.0800. The van der Waals surface area contributed by atoms with E-state index in [-0.39, 0.29) is 0 Å². The van der Waals surface area contributed by atoms with Crippen molar-refractivity contribution >= 4 is 0 Å². The lowest BCUT2D eigenvalue weighted by Gasteiger charge is -2.43. The molecule has 0 saturated carbocycles. The normalized spacial score (nSPS) is 22.2. The quantitative estimate of drug-likeness (QED) is 0.753. The molecule has 15 heavy (non-hydrogen) atoms. The van der Waals surface area contributed by atoms with Gasteiger partial charge in [0.2, 0.25) is 0 Å². The molecule has 1 aliphatic rings. The van der Waals surface area contributed by atoms with Gasteiger partial charge in [0.15, 0.2) is 0 Å². The Morgan fingerprint density at radius 2 is 1.93 bits per heavy atom. The van der Waals surface area contributed by atoms with Crippen molar-refractivity contribution in [3.8, 4) is 0 Å². The van der Waals surface area contributed by atoms with Gasteiger partial charge in [0.1, 0.15) is 0 Å². The first kappa shape index (κ1) is 13.0. The molecule has 2 heteroatoms. The molecule has 1 saturated heterocycles. The Kier molecular flexibility index (Phi) is 5.07. The summed E-state index contributed by atoms with van der Waals surface area (Å²) in [6.07, 6.45) is 3.84. The smallest absolute Gasteiger partial charge is 0.0304 e. The van der Waals surface area contributed by atoms with Crippen LogP contribution in [0, 0.1) is 5.92 Å². The van der Waals surface area contributed by atoms with Gasteiger partial charge in [-0.05, 0) is 31.7 Å². The lowest BCUT2D eigenvalue weighted by atomic mass is 9.90. The van der Waals surface area contributed by atoms with Crippen molar-refractivity contribution in [3.63, 3.8) is 0 Å². The minimum absolute atomic E-state index is 0.398. The summed E-state index contributed by atoms with van der Waals surface area (Å²) >= 11 is 0. The van der Waals surface area contributed by atoms with E-state index in [1.54, 1.807) is 0 Å². The van der Waals surface area contributed by atoms with Gasteiger partial charge in [0, 0.05) is 25.2 Å². The van der Waals surface area contributed by atoms with E-state index < -0.39 is 0 Å². The van der Waals surface area contributed by atoms with Gasteiger partial charge in [-0.3, -0.25) is 0 Å². The van der Waals surface area contributed by atoms with E-state index in [9.17, 15) is 0 Å². The van der Waals surface area contributed by atoms with E-state index in [4.69, 9.17) is 0 Å². The van der Waals surface area contributed by atoms with E-state index in [0.29, 0.717) is 5.54 Å². The molecule has 0 atom stereocenters. The van der Waals surface area contributed by atoms with Crippen LogP contribution in [0.25, 0.3) is 0 Å². The van der Waals surface area contributed by atoms with Crippen molar-refractivity contribution in [2.24, 2.45) is 5.92 Å². The highest BCUT2D eigenvalue weighted by atomic mass is 15.2. The van der Waals surface area contributed by atoms with Gasteiger partial charge in [0.25, 0.3) is 0 Å². The van der Waals surface area contributed by atoms with Crippen LogP contribution < -0.4 is 5.32 Å². The van der Waals surface area contributed by atoms with Crippen molar-refractivity contribution < 1.29 is 0 Å². The molecule has 0 radical (unpaired) electrons. The van der Waals surface area contributed by atoms with Crippen LogP contribution in [-0.2, 0) is 0 Å². The van der Waals surface area contributed by atoms with Crippen LogP contribution in [0.15, 0.2) is 0 Å². The van der Waals surface area contributed by atoms with Crippen LogP contribution in [0.2, 0.25) is 0 Å². The lowest BCUT2D eigenvalue weighted by molar-refractivity contribution is 0.119. The third kappa shape index (κ3) is 3.76. The summed E-state index contributed by atoms with van der Waals surface area (Å²) in [5.74, 6) is 0.831. The number of piperazine rings is 1. The van der Waals surface area contributed by atoms with Gasteiger partial charge in [-0.2, -0.15) is 0 Å². The molecular weight excluding hydrogens is 184 g/mol. The summed E-state index contributed by atoms with van der Waals surface area (Å²) in [6.45, 7) is 14.2. The van der Waals surface area contributed by atoms with Crippen molar-refractivity contribution in [1.82, 2.24) is 10.2 Å². The van der Waals surface area contributed by atoms with Gasteiger partial charge in [0.05, 0.1) is 0 Å². The Morgan fingerprint density at radius 3 is 2.47 bits per heavy atom. The SMILES string of the molecule is CCC1(CC)CN(CCC(C)C)CCN1. The Labute approximate surface area is 95.4 Å². The fourth-order valence-electron chi connectivity index (χ4n) is 2.40. The van der Waals surface area contributed by atoms with Crippen LogP contribution in [-0.4, -0.2) is 36.6 Å². The molecule has 2 nitrogen and oxygen atoms in total. The van der Waals surface area contributed by atoms with Crippen LogP contribution in [0.5, 0.6) is 0 Å². The van der Waals surface area contributed by atoms with Gasteiger partial charge in [-0.25, -0.2) is 0 Å². The standard InChI is InChI=1S/C13H28N2/c1-5-13(6-2)11-15(10-8-14-13)9-7-12(3)4/h12,14H,5-11H2,1-4H3. The molecule has 0 aromatic carbocycles. The maximum atomic E-state index is 3.71. The predicted octanol–water partition coefficient (Wildman–Crippen LogP) is 2.50. The number of hydrogen-bond acceptors (Lipinski definition) is 2. The van der Waals surface area contributed by atoms with Crippen LogP contribution in [0.4, 0.5) is 0 Å². The minimum atomic E-state index is 0.398. The third-order valence-electron chi connectivity index (χ3n) is 3.83. The second-order valence-corrected chi connectivity index (χ2v) is 5.37. The zero-order chi connectivity index (χ0) is 11.3. The molecule has 0 aromatic heterocycles. The molecule has 0 spiro atoms. The molecule has 1 heterocycles. The molecule has 0 amide bonds. The van der Waals surface area contributed by atoms with Crippen LogP contribution in [0.3, 0.4) is 0 Å². The highest BCUT2D eigenvalue weighted by Gasteiger charge is 2.31. The Balaban J connectivity index is 2.41. The number of rotatable bonds is 5. The van der Waals surface area contributed by atoms with Gasteiger partial charge < -0.3 is 10.2 Å². The monoisotopic (exact) mass is 212 g/mol. The fraction of sp³-hybridized carbons (Fsp3) is 1.00. The molecular formula is C13H28N2. The van der Waals surface area contributed by atoms with Crippen molar-refractivity contribution in [2.75, 3.05) is 26.2 Å². The summed E-state index contributed by atoms with van der Waals surface area (Å²) in [4.78, 5) is 2.64. The van der Waals surface area contributed by atoms with Gasteiger partial charge >= 0.3 is 0 Å². The number of nitrogens with one attached hydrogen (secondary N) is 1. The van der Waals surface area contributed by atoms with E-state index in [1.807, 2.05) is 0 Å². The average Bonchev–Trinajstić information content (AvgIpc) is 2.26. The lowest BCUT2D eigenvalue weighted by Crippen LogP contribution is -2.59. The van der Waals surface area contributed by atoms with Gasteiger partial charge in [-0.15, -0.1) is 0 Å². The van der Waals surface area contributed by atoms with E-state index >= 15 is 0 Å². The first-order valence-electron chi connectivity index (χ1n) is 6.59. The zero-order valence-corrected chi connectivity index (χ0v) is 11.0. The molecule has 0 bridgehead atoms. The maximum absolute atomic E-state index is 3.71. The molecule has 0 aliphatic carbocycles. The second kappa shape index (κ2) is 5.86. The highest BCUT2D eigenvalue weighted by molar-refractivity contribution is 4.92. The van der Waals surface area contributed by atoms with Crippen LogP contribution in [0.1, 0.15) is 47.0 Å². The van der Waals surface area contributed by atoms with E-state index in [0.717, 1.165) is 5.92 Å². The molecule has 1 fully saturated rings. The van der Waals surface area contributed by atoms with E-state index in [1.165, 1.54) is 45.4 Å². The maximum Gasteiger partial charge on any atom is 0.0304 e. The summed E-state index contributed by atoms with van der Waals surface area (Å²) in [5, 5.41) is 3.71. The summed E-state index contributed by atoms with van der Waals surface area (Å²) in [5.41, 5.74) is 0.398. The molecule has 0 aromatic rings. The summed E-state index contributed by atoms with van der Waals surface area (Å²) in [7, 11) is 0. The number of nitrogens with zero attached hydrogens (tertiary/aromatic N) is 1. The van der Waals surface area contributed by atoms with E-state index in [2.05, 4.69) is 37.9 Å². The minimum Gasteiger partial charge on any atom is -0.309 e. The first-order chi connectivity index (χ1) is 7.12. The van der Waals surface area contributed by atoms with Gasteiger partial charge in [-0.1, -0.05) is 27.7 Å². The highest BCUT2D eigenvalue weighted by Crippen LogP contribution is 2.20. The van der Waals surface area contributed by atoms with Crippen LogP contribution >= 0.6 is 0 Å². The Morgan fingerprint density at radius 1 is 1.27 bits per heavy atom.